The molecule has 130 valence electrons. The second-order valence-corrected chi connectivity index (χ2v) is 8.99. The number of piperidine rings is 1. The van der Waals surface area contributed by atoms with Crippen molar-refractivity contribution in [2.45, 2.75) is 25.8 Å². The van der Waals surface area contributed by atoms with E-state index in [2.05, 4.69) is 38.0 Å². The monoisotopic (exact) mass is 358 g/mol. The van der Waals surface area contributed by atoms with Gasteiger partial charge >= 0.3 is 0 Å². The van der Waals surface area contributed by atoms with Gasteiger partial charge in [0.2, 0.25) is 0 Å². The second kappa shape index (κ2) is 8.54. The summed E-state index contributed by atoms with van der Waals surface area (Å²) in [5.74, 6) is 1.01. The van der Waals surface area contributed by atoms with Crippen molar-refractivity contribution >= 4 is 32.1 Å². The second-order valence-electron chi connectivity index (χ2n) is 5.59. The first kappa shape index (κ1) is 18.1. The predicted molar refractivity (Wildman–Crippen MR) is 98.4 cm³/mol. The molecule has 0 spiro atoms. The van der Waals surface area contributed by atoms with Gasteiger partial charge in [-0.1, -0.05) is 6.92 Å². The highest BCUT2D eigenvalue weighted by atomic mass is 32.2. The molecule has 0 bridgehead atoms. The normalized spacial score (nSPS) is 17.3. The lowest BCUT2D eigenvalue weighted by molar-refractivity contribution is 0.463. The third-order valence-corrected chi connectivity index (χ3v) is 6.66. The molecule has 1 aromatic heterocycles. The molecule has 0 radical (unpaired) electrons. The Morgan fingerprint density at radius 1 is 1.43 bits per heavy atom. The summed E-state index contributed by atoms with van der Waals surface area (Å²) in [6.07, 6.45) is 2.09. The number of anilines is 1. The van der Waals surface area contributed by atoms with E-state index < -0.39 is 9.84 Å². The first-order valence-electron chi connectivity index (χ1n) is 8.00. The zero-order valence-electron chi connectivity index (χ0n) is 13.8. The Balaban J connectivity index is 1.73. The highest BCUT2D eigenvalue weighted by Gasteiger charge is 2.20. The molecule has 0 unspecified atom stereocenters. The Labute approximate surface area is 142 Å². The Bertz CT molecular complexity index is 591. The standard InChI is InChI=1S/C15H26N4O2S2/c1-3-23(20,21)12-8-17-15(16-2)18-13-6-9-19(10-7-13)14-5-4-11-22-14/h4-5,11,13H,3,6-10,12H2,1-2H3,(H2,16,17,18). The molecule has 2 rings (SSSR count). The maximum atomic E-state index is 11.5. The minimum Gasteiger partial charge on any atom is -0.363 e. The van der Waals surface area contributed by atoms with Crippen molar-refractivity contribution in [1.29, 1.82) is 0 Å². The van der Waals surface area contributed by atoms with Crippen LogP contribution in [-0.4, -0.2) is 58.6 Å². The summed E-state index contributed by atoms with van der Waals surface area (Å²) in [5.41, 5.74) is 0. The Hall–Kier alpha value is -1.28. The van der Waals surface area contributed by atoms with Crippen LogP contribution in [0.2, 0.25) is 0 Å². The molecule has 0 aromatic carbocycles. The number of sulfone groups is 1. The van der Waals surface area contributed by atoms with Crippen molar-refractivity contribution in [2.75, 3.05) is 43.1 Å². The summed E-state index contributed by atoms with van der Waals surface area (Å²) in [6.45, 7) is 4.12. The fraction of sp³-hybridized carbons (Fsp3) is 0.667. The van der Waals surface area contributed by atoms with Crippen LogP contribution >= 0.6 is 11.3 Å². The maximum Gasteiger partial charge on any atom is 0.191 e. The number of rotatable bonds is 6. The van der Waals surface area contributed by atoms with Crippen molar-refractivity contribution in [3.63, 3.8) is 0 Å². The van der Waals surface area contributed by atoms with Gasteiger partial charge in [-0.25, -0.2) is 8.42 Å². The van der Waals surface area contributed by atoms with E-state index in [0.29, 0.717) is 18.5 Å². The fourth-order valence-corrected chi connectivity index (χ4v) is 4.04. The van der Waals surface area contributed by atoms with Crippen LogP contribution in [0, 0.1) is 0 Å². The minimum atomic E-state index is -2.94. The van der Waals surface area contributed by atoms with Gasteiger partial charge in [-0.15, -0.1) is 11.3 Å². The lowest BCUT2D eigenvalue weighted by Crippen LogP contribution is -2.49. The Kier molecular flexibility index (Phi) is 6.71. The summed E-state index contributed by atoms with van der Waals surface area (Å²) in [6, 6.07) is 4.62. The van der Waals surface area contributed by atoms with Gasteiger partial charge in [0.25, 0.3) is 0 Å². The summed E-state index contributed by atoms with van der Waals surface area (Å²) < 4.78 is 23.0. The molecule has 2 heterocycles. The molecule has 1 aliphatic heterocycles. The number of thiophene rings is 1. The van der Waals surface area contributed by atoms with E-state index in [1.165, 1.54) is 5.00 Å². The smallest absolute Gasteiger partial charge is 0.191 e. The highest BCUT2D eigenvalue weighted by molar-refractivity contribution is 7.91. The summed E-state index contributed by atoms with van der Waals surface area (Å²) in [5, 5.41) is 9.93. The van der Waals surface area contributed by atoms with E-state index in [9.17, 15) is 8.42 Å². The first-order valence-corrected chi connectivity index (χ1v) is 10.7. The first-order chi connectivity index (χ1) is 11.0. The lowest BCUT2D eigenvalue weighted by atomic mass is 10.1. The van der Waals surface area contributed by atoms with Gasteiger partial charge in [0.05, 0.1) is 10.8 Å². The summed E-state index contributed by atoms with van der Waals surface area (Å²) in [7, 11) is -1.23. The van der Waals surface area contributed by atoms with Gasteiger partial charge in [-0.3, -0.25) is 4.99 Å². The van der Waals surface area contributed by atoms with Crippen molar-refractivity contribution in [2.24, 2.45) is 4.99 Å². The SMILES string of the molecule is CCS(=O)(=O)CCNC(=NC)NC1CCN(c2cccs2)CC1. The van der Waals surface area contributed by atoms with Gasteiger partial charge in [0.1, 0.15) is 0 Å². The van der Waals surface area contributed by atoms with Gasteiger partial charge in [0, 0.05) is 38.5 Å². The van der Waals surface area contributed by atoms with Crippen molar-refractivity contribution in [1.82, 2.24) is 10.6 Å². The largest absolute Gasteiger partial charge is 0.363 e. The van der Waals surface area contributed by atoms with Gasteiger partial charge < -0.3 is 15.5 Å². The number of nitrogens with one attached hydrogen (secondary N) is 2. The van der Waals surface area contributed by atoms with E-state index in [0.717, 1.165) is 25.9 Å². The third kappa shape index (κ3) is 5.69. The van der Waals surface area contributed by atoms with Gasteiger partial charge in [0.15, 0.2) is 15.8 Å². The topological polar surface area (TPSA) is 73.8 Å². The average Bonchev–Trinajstić information content (AvgIpc) is 3.09. The average molecular weight is 359 g/mol. The fourth-order valence-electron chi connectivity index (χ4n) is 2.55. The van der Waals surface area contributed by atoms with E-state index in [1.54, 1.807) is 25.3 Å². The Morgan fingerprint density at radius 3 is 2.74 bits per heavy atom. The number of hydrogen-bond donors (Lipinski definition) is 2. The maximum absolute atomic E-state index is 11.5. The van der Waals surface area contributed by atoms with Crippen molar-refractivity contribution in [3.8, 4) is 0 Å². The number of hydrogen-bond acceptors (Lipinski definition) is 5. The van der Waals surface area contributed by atoms with Crippen LogP contribution in [0.5, 0.6) is 0 Å². The molecule has 0 atom stereocenters. The van der Waals surface area contributed by atoms with Crippen molar-refractivity contribution in [3.05, 3.63) is 17.5 Å². The molecule has 0 saturated carbocycles. The third-order valence-electron chi connectivity index (χ3n) is 4.02. The van der Waals surface area contributed by atoms with E-state index in [4.69, 9.17) is 0 Å². The molecule has 2 N–H and O–H groups in total. The number of nitrogens with zero attached hydrogens (tertiary/aromatic N) is 2. The molecule has 1 aliphatic rings. The Morgan fingerprint density at radius 2 is 2.17 bits per heavy atom. The molecular weight excluding hydrogens is 332 g/mol. The van der Waals surface area contributed by atoms with Crippen LogP contribution in [-0.2, 0) is 9.84 Å². The molecule has 1 saturated heterocycles. The predicted octanol–water partition coefficient (Wildman–Crippen LogP) is 1.32. The number of aliphatic imine (C=N–C) groups is 1. The molecule has 0 amide bonds. The molecular formula is C15H26N4O2S2. The molecule has 1 aromatic rings. The van der Waals surface area contributed by atoms with Crippen LogP contribution in [0.25, 0.3) is 0 Å². The summed E-state index contributed by atoms with van der Waals surface area (Å²) in [4.78, 5) is 6.59. The quantitative estimate of drug-likeness (QED) is 0.593. The van der Waals surface area contributed by atoms with Crippen LogP contribution in [0.1, 0.15) is 19.8 Å². The molecule has 23 heavy (non-hydrogen) atoms. The zero-order chi connectivity index (χ0) is 16.7. The van der Waals surface area contributed by atoms with E-state index in [1.807, 2.05) is 0 Å². The van der Waals surface area contributed by atoms with Gasteiger partial charge in [-0.05, 0) is 30.4 Å². The van der Waals surface area contributed by atoms with Crippen LogP contribution in [0.15, 0.2) is 22.5 Å². The molecule has 0 aliphatic carbocycles. The lowest BCUT2D eigenvalue weighted by Gasteiger charge is -2.33. The summed E-state index contributed by atoms with van der Waals surface area (Å²) >= 11 is 1.78. The molecule has 8 heteroatoms. The van der Waals surface area contributed by atoms with E-state index >= 15 is 0 Å². The minimum absolute atomic E-state index is 0.140. The van der Waals surface area contributed by atoms with Crippen LogP contribution < -0.4 is 15.5 Å². The zero-order valence-corrected chi connectivity index (χ0v) is 15.4. The highest BCUT2D eigenvalue weighted by Crippen LogP contribution is 2.24. The molecule has 1 fully saturated rings. The number of guanidine groups is 1. The molecule has 6 nitrogen and oxygen atoms in total. The van der Waals surface area contributed by atoms with Gasteiger partial charge in [-0.2, -0.15) is 0 Å². The van der Waals surface area contributed by atoms with Crippen LogP contribution in [0.4, 0.5) is 5.00 Å². The van der Waals surface area contributed by atoms with Crippen molar-refractivity contribution < 1.29 is 8.42 Å². The van der Waals surface area contributed by atoms with Crippen LogP contribution in [0.3, 0.4) is 0 Å². The van der Waals surface area contributed by atoms with E-state index in [-0.39, 0.29) is 11.5 Å².